The molecular formula is C26H32BrNO3Si. The summed E-state index contributed by atoms with van der Waals surface area (Å²) in [5, 5.41) is 1.57. The van der Waals surface area contributed by atoms with Gasteiger partial charge in [0.2, 0.25) is 0 Å². The van der Waals surface area contributed by atoms with E-state index < -0.39 is 25.0 Å². The van der Waals surface area contributed by atoms with Gasteiger partial charge in [-0.25, -0.2) is 4.79 Å². The minimum atomic E-state index is -3.10. The second-order valence-electron chi connectivity index (χ2n) is 9.83. The molecule has 1 heterocycles. The summed E-state index contributed by atoms with van der Waals surface area (Å²) in [6, 6.07) is 21.9. The van der Waals surface area contributed by atoms with E-state index in [1.54, 1.807) is 10.8 Å². The molecule has 0 atom stereocenters. The fourth-order valence-corrected chi connectivity index (χ4v) is 8.28. The number of halogens is 1. The molecule has 1 N–H and O–H groups in total. The Bertz CT molecular complexity index is 1020. The van der Waals surface area contributed by atoms with Gasteiger partial charge in [0.05, 0.1) is 0 Å². The lowest BCUT2D eigenvalue weighted by Gasteiger charge is -2.41. The number of carbonyl (C=O) groups excluding carboxylic acids is 1. The maximum absolute atomic E-state index is 12.7. The van der Waals surface area contributed by atoms with E-state index in [9.17, 15) is 9.59 Å². The predicted octanol–water partition coefficient (Wildman–Crippen LogP) is 5.50. The summed E-state index contributed by atoms with van der Waals surface area (Å²) in [6.07, 6.45) is 2.69. The van der Waals surface area contributed by atoms with Crippen LogP contribution >= 0.6 is 15.9 Å². The van der Waals surface area contributed by atoms with Gasteiger partial charge in [-0.2, -0.15) is 0 Å². The van der Waals surface area contributed by atoms with E-state index in [1.165, 1.54) is 0 Å². The first-order valence-corrected chi connectivity index (χ1v) is 13.6. The van der Waals surface area contributed by atoms with Crippen molar-refractivity contribution in [3.63, 3.8) is 0 Å². The Balaban J connectivity index is 1.94. The molecule has 0 radical (unpaired) electrons. The zero-order valence-electron chi connectivity index (χ0n) is 19.4. The van der Waals surface area contributed by atoms with Crippen molar-refractivity contribution in [1.29, 1.82) is 0 Å². The van der Waals surface area contributed by atoms with Gasteiger partial charge in [0.1, 0.15) is 5.60 Å². The van der Waals surface area contributed by atoms with Crippen LogP contribution < -0.4 is 10.4 Å². The summed E-state index contributed by atoms with van der Waals surface area (Å²) in [4.78, 5) is 25.1. The first-order valence-electron chi connectivity index (χ1n) is 10.9. The number of aromatic nitrogens is 1. The van der Waals surface area contributed by atoms with Crippen LogP contribution in [-0.4, -0.2) is 29.4 Å². The highest BCUT2D eigenvalue weighted by Gasteiger charge is 2.49. The van der Waals surface area contributed by atoms with Gasteiger partial charge in [-0.05, 0) is 71.0 Å². The van der Waals surface area contributed by atoms with Crippen molar-refractivity contribution < 1.29 is 14.3 Å². The highest BCUT2D eigenvalue weighted by molar-refractivity contribution is 9.10. The molecule has 0 aliphatic carbocycles. The first-order chi connectivity index (χ1) is 14.9. The highest BCUT2D eigenvalue weighted by Crippen LogP contribution is 2.40. The maximum Gasteiger partial charge on any atom is 0.418 e. The third kappa shape index (κ3) is 5.25. The molecule has 6 heteroatoms. The van der Waals surface area contributed by atoms with Gasteiger partial charge < -0.3 is 9.53 Å². The lowest BCUT2D eigenvalue weighted by molar-refractivity contribution is 0.0532. The molecule has 32 heavy (non-hydrogen) atoms. The van der Waals surface area contributed by atoms with Crippen molar-refractivity contribution >= 4 is 40.7 Å². The van der Waals surface area contributed by atoms with Crippen LogP contribution in [0.5, 0.6) is 0 Å². The van der Waals surface area contributed by atoms with E-state index in [0.717, 1.165) is 20.5 Å². The maximum atomic E-state index is 12.7. The van der Waals surface area contributed by atoms with Crippen LogP contribution in [-0.2, 0) is 11.2 Å². The summed E-state index contributed by atoms with van der Waals surface area (Å²) in [6.45, 7) is 9.84. The average molecular weight is 515 g/mol. The van der Waals surface area contributed by atoms with E-state index in [0.29, 0.717) is 12.8 Å². The molecule has 0 amide bonds. The minimum Gasteiger partial charge on any atom is -0.443 e. The quantitative estimate of drug-likeness (QED) is 0.442. The Labute approximate surface area is 200 Å². The lowest BCUT2D eigenvalue weighted by Crippen LogP contribution is -2.65. The van der Waals surface area contributed by atoms with Gasteiger partial charge >= 0.3 is 6.09 Å². The predicted molar refractivity (Wildman–Crippen MR) is 136 cm³/mol. The molecule has 0 bridgehead atoms. The number of ether oxygens (including phenoxy) is 1. The molecule has 2 aromatic carbocycles. The summed E-state index contributed by atoms with van der Waals surface area (Å²) < 4.78 is 7.97. The van der Waals surface area contributed by atoms with Gasteiger partial charge in [0.25, 0.3) is 8.32 Å². The van der Waals surface area contributed by atoms with Crippen LogP contribution in [0.25, 0.3) is 0 Å². The van der Waals surface area contributed by atoms with Crippen molar-refractivity contribution in [3.8, 4) is 0 Å². The Morgan fingerprint density at radius 2 is 1.47 bits per heavy atom. The second-order valence-corrected chi connectivity index (χ2v) is 14.7. The zero-order chi connectivity index (χ0) is 23.6. The largest absolute Gasteiger partial charge is 0.443 e. The molecule has 3 aromatic rings. The van der Waals surface area contributed by atoms with Crippen molar-refractivity contribution in [2.24, 2.45) is 0 Å². The van der Waals surface area contributed by atoms with Crippen molar-refractivity contribution in [2.45, 2.75) is 58.1 Å². The molecule has 0 unspecified atom stereocenters. The smallest absolute Gasteiger partial charge is 0.418 e. The third-order valence-corrected chi connectivity index (χ3v) is 10.8. The molecule has 0 aliphatic rings. The van der Waals surface area contributed by atoms with Crippen LogP contribution in [0.2, 0.25) is 5.04 Å². The van der Waals surface area contributed by atoms with Gasteiger partial charge in [-0.15, -0.1) is 0 Å². The third-order valence-electron chi connectivity index (χ3n) is 5.83. The Kier molecular flexibility index (Phi) is 7.17. The summed E-state index contributed by atoms with van der Waals surface area (Å²) in [5.41, 5.74) is 0.287. The van der Waals surface area contributed by atoms with E-state index in [1.807, 2.05) is 87.5 Å². The standard InChI is InChI=1S/C26H32BrNO3Si/c1-25(2,3)31-24(29)28-19-20(27)18-21(28)16-17-26(4,5)32(30,22-12-8-6-9-13-22)23-14-10-7-11-15-23/h6-15,18-19,30H,16-17H2,1-5H3. The number of carbonyl (C=O) groups is 1. The fraction of sp³-hybridized carbons (Fsp3) is 0.346. The van der Waals surface area contributed by atoms with Crippen molar-refractivity contribution in [1.82, 2.24) is 4.57 Å². The lowest BCUT2D eigenvalue weighted by atomic mass is 10.1. The molecule has 1 aromatic heterocycles. The number of nitrogens with zero attached hydrogens (tertiary/aromatic N) is 1. The van der Waals surface area contributed by atoms with Crippen LogP contribution in [0.4, 0.5) is 4.79 Å². The van der Waals surface area contributed by atoms with Gasteiger partial charge in [0, 0.05) is 16.4 Å². The topological polar surface area (TPSA) is 51.5 Å². The van der Waals surface area contributed by atoms with Gasteiger partial charge in [-0.1, -0.05) is 74.5 Å². The Morgan fingerprint density at radius 3 is 1.94 bits per heavy atom. The minimum absolute atomic E-state index is 0.394. The summed E-state index contributed by atoms with van der Waals surface area (Å²) in [5.74, 6) is 0. The molecule has 0 spiro atoms. The average Bonchev–Trinajstić information content (AvgIpc) is 3.12. The summed E-state index contributed by atoms with van der Waals surface area (Å²) >= 11 is 3.50. The van der Waals surface area contributed by atoms with Crippen molar-refractivity contribution in [2.75, 3.05) is 0 Å². The monoisotopic (exact) mass is 513 g/mol. The Morgan fingerprint density at radius 1 is 0.969 bits per heavy atom. The molecule has 170 valence electrons. The number of rotatable bonds is 6. The van der Waals surface area contributed by atoms with Gasteiger partial charge in [0.15, 0.2) is 0 Å². The molecule has 4 nitrogen and oxygen atoms in total. The first kappa shape index (κ1) is 24.5. The molecule has 0 aliphatic heterocycles. The number of benzene rings is 2. The van der Waals surface area contributed by atoms with E-state index >= 15 is 0 Å². The van der Waals surface area contributed by atoms with Crippen molar-refractivity contribution in [3.05, 3.63) is 83.1 Å². The SMILES string of the molecule is CC(C)(C)OC(=O)n1cc(Br)cc1CCC(C)(C)[Si](O)(c1ccccc1)c1ccccc1. The molecular weight excluding hydrogens is 482 g/mol. The molecule has 0 saturated carbocycles. The van der Waals surface area contributed by atoms with Crippen LogP contribution in [0, 0.1) is 0 Å². The normalized spacial score (nSPS) is 12.6. The zero-order valence-corrected chi connectivity index (χ0v) is 22.0. The van der Waals surface area contributed by atoms with Gasteiger partial charge in [-0.3, -0.25) is 4.57 Å². The van der Waals surface area contributed by atoms with Crippen LogP contribution in [0.3, 0.4) is 0 Å². The van der Waals surface area contributed by atoms with Crippen LogP contribution in [0.15, 0.2) is 77.4 Å². The number of hydrogen-bond acceptors (Lipinski definition) is 3. The second kappa shape index (κ2) is 9.38. The fourth-order valence-electron chi connectivity index (χ4n) is 4.07. The van der Waals surface area contributed by atoms with E-state index in [-0.39, 0.29) is 0 Å². The van der Waals surface area contributed by atoms with E-state index in [4.69, 9.17) is 4.74 Å². The molecule has 3 rings (SSSR count). The highest BCUT2D eigenvalue weighted by atomic mass is 79.9. The number of aryl methyl sites for hydroxylation is 1. The Hall–Kier alpha value is -2.15. The number of hydrogen-bond donors (Lipinski definition) is 1. The summed E-state index contributed by atoms with van der Waals surface area (Å²) in [7, 11) is -3.10. The van der Waals surface area contributed by atoms with Crippen LogP contribution in [0.1, 0.15) is 46.7 Å². The molecule has 0 saturated heterocycles. The molecule has 0 fully saturated rings. The van der Waals surface area contributed by atoms with E-state index in [2.05, 4.69) is 29.8 Å².